The molecule has 3 rings (SSSR count). The predicted octanol–water partition coefficient (Wildman–Crippen LogP) is 6.42. The van der Waals surface area contributed by atoms with Crippen LogP contribution in [0.3, 0.4) is 0 Å². The van der Waals surface area contributed by atoms with Crippen molar-refractivity contribution in [2.45, 2.75) is 39.0 Å². The highest BCUT2D eigenvalue weighted by Crippen LogP contribution is 2.25. The summed E-state index contributed by atoms with van der Waals surface area (Å²) in [5, 5.41) is 19.7. The minimum Gasteiger partial charge on any atom is -0.508 e. The smallest absolute Gasteiger partial charge is 0.343 e. The molecule has 6 nitrogen and oxygen atoms in total. The molecule has 0 aliphatic rings. The van der Waals surface area contributed by atoms with Crippen molar-refractivity contribution >= 4 is 17.9 Å². The number of hydrogen-bond donors (Lipinski definition) is 2. The van der Waals surface area contributed by atoms with Crippen LogP contribution in [0.4, 0.5) is 5.69 Å². The number of rotatable bonds is 11. The lowest BCUT2D eigenvalue weighted by atomic mass is 10.2. The van der Waals surface area contributed by atoms with Crippen molar-refractivity contribution in [2.24, 2.45) is 4.99 Å². The Kier molecular flexibility index (Phi) is 8.88. The topological polar surface area (TPSA) is 88.4 Å². The Hall–Kier alpha value is -3.80. The zero-order chi connectivity index (χ0) is 23.5. The zero-order valence-corrected chi connectivity index (χ0v) is 18.7. The SMILES string of the molecule is CCCCCCCOc1ccc(C(=O)Oc2ccc(C=Nc3cccc(O)c3)c(O)c2)cc1. The van der Waals surface area contributed by atoms with Crippen molar-refractivity contribution in [3.05, 3.63) is 77.9 Å². The van der Waals surface area contributed by atoms with Crippen molar-refractivity contribution in [1.82, 2.24) is 0 Å². The van der Waals surface area contributed by atoms with Crippen LogP contribution in [0.2, 0.25) is 0 Å². The Morgan fingerprint density at radius 1 is 0.909 bits per heavy atom. The number of benzene rings is 3. The van der Waals surface area contributed by atoms with Gasteiger partial charge in [-0.25, -0.2) is 4.79 Å². The van der Waals surface area contributed by atoms with E-state index in [0.717, 1.165) is 18.6 Å². The van der Waals surface area contributed by atoms with E-state index in [0.29, 0.717) is 23.4 Å². The van der Waals surface area contributed by atoms with Gasteiger partial charge in [0, 0.05) is 23.9 Å². The van der Waals surface area contributed by atoms with E-state index in [-0.39, 0.29) is 17.2 Å². The number of phenolic OH excluding ortho intramolecular Hbond substituents is 2. The number of unbranched alkanes of at least 4 members (excludes halogenated alkanes) is 4. The van der Waals surface area contributed by atoms with Gasteiger partial charge < -0.3 is 19.7 Å². The van der Waals surface area contributed by atoms with Crippen molar-refractivity contribution < 1.29 is 24.5 Å². The lowest BCUT2D eigenvalue weighted by molar-refractivity contribution is 0.0734. The summed E-state index contributed by atoms with van der Waals surface area (Å²) >= 11 is 0. The van der Waals surface area contributed by atoms with Gasteiger partial charge in [-0.2, -0.15) is 0 Å². The third kappa shape index (κ3) is 7.68. The van der Waals surface area contributed by atoms with E-state index in [1.807, 2.05) is 0 Å². The quantitative estimate of drug-likeness (QED) is 0.153. The molecule has 3 aromatic rings. The van der Waals surface area contributed by atoms with E-state index in [2.05, 4.69) is 11.9 Å². The number of ether oxygens (including phenoxy) is 2. The van der Waals surface area contributed by atoms with Crippen molar-refractivity contribution in [3.63, 3.8) is 0 Å². The molecule has 0 atom stereocenters. The number of aromatic hydroxyl groups is 2. The van der Waals surface area contributed by atoms with Gasteiger partial charge in [0.15, 0.2) is 0 Å². The first-order chi connectivity index (χ1) is 16.0. The average molecular weight is 448 g/mol. The normalized spacial score (nSPS) is 10.9. The van der Waals surface area contributed by atoms with Gasteiger partial charge in [-0.3, -0.25) is 4.99 Å². The highest BCUT2D eigenvalue weighted by Gasteiger charge is 2.10. The van der Waals surface area contributed by atoms with E-state index in [9.17, 15) is 15.0 Å². The number of phenols is 2. The molecule has 0 unspecified atom stereocenters. The maximum absolute atomic E-state index is 12.4. The van der Waals surface area contributed by atoms with E-state index in [1.54, 1.807) is 54.6 Å². The fourth-order valence-electron chi connectivity index (χ4n) is 3.16. The van der Waals surface area contributed by atoms with E-state index < -0.39 is 5.97 Å². The van der Waals surface area contributed by atoms with Crippen LogP contribution in [0.1, 0.15) is 54.9 Å². The minimum atomic E-state index is -0.526. The third-order valence-corrected chi connectivity index (χ3v) is 5.00. The number of aliphatic imine (C=N–C) groups is 1. The summed E-state index contributed by atoms with van der Waals surface area (Å²) in [4.78, 5) is 16.6. The van der Waals surface area contributed by atoms with Crippen LogP contribution in [0, 0.1) is 0 Å². The first-order valence-electron chi connectivity index (χ1n) is 11.2. The first kappa shape index (κ1) is 23.9. The van der Waals surface area contributed by atoms with Gasteiger partial charge in [0.25, 0.3) is 0 Å². The second-order valence-corrected chi connectivity index (χ2v) is 7.68. The Labute approximate surface area is 194 Å². The van der Waals surface area contributed by atoms with Crippen molar-refractivity contribution in [2.75, 3.05) is 6.61 Å². The van der Waals surface area contributed by atoms with Crippen LogP contribution < -0.4 is 9.47 Å². The maximum Gasteiger partial charge on any atom is 0.343 e. The Bertz CT molecular complexity index is 1080. The molecule has 172 valence electrons. The van der Waals surface area contributed by atoms with Gasteiger partial charge >= 0.3 is 5.97 Å². The van der Waals surface area contributed by atoms with Gasteiger partial charge in [-0.15, -0.1) is 0 Å². The van der Waals surface area contributed by atoms with E-state index in [4.69, 9.17) is 9.47 Å². The molecule has 0 saturated carbocycles. The molecular weight excluding hydrogens is 418 g/mol. The Balaban J connectivity index is 1.53. The summed E-state index contributed by atoms with van der Waals surface area (Å²) in [7, 11) is 0. The summed E-state index contributed by atoms with van der Waals surface area (Å²) in [6.45, 7) is 2.85. The fraction of sp³-hybridized carbons (Fsp3) is 0.259. The minimum absolute atomic E-state index is 0.0770. The molecule has 0 amide bonds. The number of carbonyl (C=O) groups is 1. The molecule has 2 N–H and O–H groups in total. The molecule has 33 heavy (non-hydrogen) atoms. The lowest BCUT2D eigenvalue weighted by Gasteiger charge is -2.08. The Morgan fingerprint density at radius 3 is 2.39 bits per heavy atom. The summed E-state index contributed by atoms with van der Waals surface area (Å²) in [5.41, 5.74) is 1.39. The molecule has 0 radical (unpaired) electrons. The lowest BCUT2D eigenvalue weighted by Crippen LogP contribution is -2.08. The molecule has 0 aromatic heterocycles. The molecule has 0 spiro atoms. The highest BCUT2D eigenvalue weighted by atomic mass is 16.5. The van der Waals surface area contributed by atoms with Crippen molar-refractivity contribution in [3.8, 4) is 23.0 Å². The van der Waals surface area contributed by atoms with Crippen LogP contribution in [-0.2, 0) is 0 Å². The number of esters is 1. The van der Waals surface area contributed by atoms with Crippen LogP contribution >= 0.6 is 0 Å². The predicted molar refractivity (Wildman–Crippen MR) is 129 cm³/mol. The van der Waals surface area contributed by atoms with Gasteiger partial charge in [0.1, 0.15) is 23.0 Å². The second-order valence-electron chi connectivity index (χ2n) is 7.68. The number of carbonyl (C=O) groups excluding carboxylic acids is 1. The molecule has 0 bridgehead atoms. The highest BCUT2D eigenvalue weighted by molar-refractivity contribution is 5.91. The first-order valence-corrected chi connectivity index (χ1v) is 11.2. The molecule has 0 aliphatic carbocycles. The standard InChI is InChI=1S/C27H29NO5/c1-2-3-4-5-6-16-32-24-13-10-20(11-14-24)27(31)33-25-15-12-21(26(30)18-25)19-28-22-8-7-9-23(29)17-22/h7-15,17-19,29-30H,2-6,16H2,1H3. The van der Waals surface area contributed by atoms with Crippen LogP contribution in [0.15, 0.2) is 71.7 Å². The number of nitrogens with zero attached hydrogens (tertiary/aromatic N) is 1. The molecular formula is C27H29NO5. The molecule has 0 heterocycles. The summed E-state index contributed by atoms with van der Waals surface area (Å²) in [6, 6.07) is 17.8. The molecule has 0 fully saturated rings. The Morgan fingerprint density at radius 2 is 1.67 bits per heavy atom. The third-order valence-electron chi connectivity index (χ3n) is 5.00. The summed E-state index contributed by atoms with van der Waals surface area (Å²) in [5.74, 6) is 0.446. The van der Waals surface area contributed by atoms with Gasteiger partial charge in [0.2, 0.25) is 0 Å². The molecule has 3 aromatic carbocycles. The number of hydrogen-bond acceptors (Lipinski definition) is 6. The summed E-state index contributed by atoms with van der Waals surface area (Å²) < 4.78 is 11.1. The maximum atomic E-state index is 12.4. The summed E-state index contributed by atoms with van der Waals surface area (Å²) in [6.07, 6.45) is 7.35. The molecule has 6 heteroatoms. The average Bonchev–Trinajstić information content (AvgIpc) is 2.81. The van der Waals surface area contributed by atoms with Crippen LogP contribution in [-0.4, -0.2) is 29.0 Å². The fourth-order valence-corrected chi connectivity index (χ4v) is 3.16. The van der Waals surface area contributed by atoms with Gasteiger partial charge in [0.05, 0.1) is 17.9 Å². The van der Waals surface area contributed by atoms with Crippen molar-refractivity contribution in [1.29, 1.82) is 0 Å². The molecule has 0 saturated heterocycles. The van der Waals surface area contributed by atoms with Gasteiger partial charge in [-0.05, 0) is 55.0 Å². The monoisotopic (exact) mass is 447 g/mol. The van der Waals surface area contributed by atoms with Crippen LogP contribution in [0.5, 0.6) is 23.0 Å². The van der Waals surface area contributed by atoms with Crippen LogP contribution in [0.25, 0.3) is 0 Å². The van der Waals surface area contributed by atoms with Gasteiger partial charge in [-0.1, -0.05) is 38.7 Å². The zero-order valence-electron chi connectivity index (χ0n) is 18.7. The van der Waals surface area contributed by atoms with E-state index in [1.165, 1.54) is 37.6 Å². The van der Waals surface area contributed by atoms with E-state index >= 15 is 0 Å². The second kappa shape index (κ2) is 12.3. The largest absolute Gasteiger partial charge is 0.508 e. The molecule has 0 aliphatic heterocycles.